The van der Waals surface area contributed by atoms with Crippen molar-refractivity contribution < 1.29 is 14.3 Å². The summed E-state index contributed by atoms with van der Waals surface area (Å²) in [7, 11) is 0. The number of nitrogens with one attached hydrogen (secondary N) is 1. The minimum Gasteiger partial charge on any atom is -0.467 e. The van der Waals surface area contributed by atoms with Gasteiger partial charge in [0, 0.05) is 4.88 Å². The van der Waals surface area contributed by atoms with Crippen molar-refractivity contribution in [3.05, 3.63) is 41.0 Å². The van der Waals surface area contributed by atoms with Crippen LogP contribution < -0.4 is 15.0 Å². The maximum absolute atomic E-state index is 12.8. The molecule has 0 atom stereocenters. The number of aromatic nitrogens is 2. The van der Waals surface area contributed by atoms with Crippen LogP contribution in [0, 0.1) is 0 Å². The third kappa shape index (κ3) is 2.90. The smallest absolute Gasteiger partial charge is 0.265 e. The monoisotopic (exact) mass is 394 g/mol. The van der Waals surface area contributed by atoms with Gasteiger partial charge in [-0.05, 0) is 43.4 Å². The summed E-state index contributed by atoms with van der Waals surface area (Å²) in [6, 6.07) is 7.24. The molecule has 3 aromatic rings. The predicted octanol–water partition coefficient (Wildman–Crippen LogP) is 2.93. The first-order valence-electron chi connectivity index (χ1n) is 9.28. The Hall–Kier alpha value is -3.00. The second kappa shape index (κ2) is 6.87. The Morgan fingerprint density at radius 1 is 1.21 bits per heavy atom. The fourth-order valence-corrected chi connectivity index (χ4v) is 5.05. The summed E-state index contributed by atoms with van der Waals surface area (Å²) < 4.78 is 5.84. The van der Waals surface area contributed by atoms with Crippen molar-refractivity contribution in [2.24, 2.45) is 0 Å². The molecule has 142 valence electrons. The molecule has 2 aliphatic rings. The van der Waals surface area contributed by atoms with Gasteiger partial charge >= 0.3 is 0 Å². The van der Waals surface area contributed by atoms with Crippen molar-refractivity contribution in [1.82, 2.24) is 9.97 Å². The molecule has 3 heterocycles. The molecule has 0 fully saturated rings. The lowest BCUT2D eigenvalue weighted by molar-refractivity contribution is -0.123. The van der Waals surface area contributed by atoms with Crippen molar-refractivity contribution in [3.63, 3.8) is 0 Å². The zero-order valence-electron chi connectivity index (χ0n) is 15.1. The third-order valence-electron chi connectivity index (χ3n) is 5.12. The number of thiophene rings is 1. The van der Waals surface area contributed by atoms with Crippen molar-refractivity contribution in [2.75, 3.05) is 23.4 Å². The van der Waals surface area contributed by atoms with E-state index in [1.807, 2.05) is 18.2 Å². The molecule has 1 N–H and O–H groups in total. The molecule has 0 radical (unpaired) electrons. The van der Waals surface area contributed by atoms with Gasteiger partial charge in [-0.2, -0.15) is 0 Å². The van der Waals surface area contributed by atoms with Crippen LogP contribution in [0.4, 0.5) is 11.4 Å². The second-order valence-electron chi connectivity index (χ2n) is 6.90. The molecule has 5 rings (SSSR count). The number of carbonyl (C=O) groups excluding carboxylic acids is 2. The van der Waals surface area contributed by atoms with E-state index < -0.39 is 0 Å². The summed E-state index contributed by atoms with van der Waals surface area (Å²) in [5.74, 6) is -0.0472. The number of hydrogen-bond acceptors (Lipinski definition) is 6. The van der Waals surface area contributed by atoms with Crippen molar-refractivity contribution in [1.29, 1.82) is 0 Å². The van der Waals surface area contributed by atoms with E-state index in [2.05, 4.69) is 15.3 Å². The molecular formula is C20H18N4O3S. The summed E-state index contributed by atoms with van der Waals surface area (Å²) in [6.07, 6.45) is 5.87. The van der Waals surface area contributed by atoms with Gasteiger partial charge in [0.1, 0.15) is 17.7 Å². The minimum absolute atomic E-state index is 0.0216. The Kier molecular flexibility index (Phi) is 4.20. The number of rotatable bonds is 3. The minimum atomic E-state index is -0.279. The van der Waals surface area contributed by atoms with Gasteiger partial charge < -0.3 is 10.1 Å². The molecule has 2 amide bonds. The van der Waals surface area contributed by atoms with E-state index in [0.717, 1.165) is 29.5 Å². The number of carbonyl (C=O) groups is 2. The molecule has 28 heavy (non-hydrogen) atoms. The van der Waals surface area contributed by atoms with Crippen LogP contribution in [0.25, 0.3) is 10.2 Å². The summed E-state index contributed by atoms with van der Waals surface area (Å²) in [5, 5.41) is 3.72. The van der Waals surface area contributed by atoms with E-state index in [4.69, 9.17) is 4.74 Å². The van der Waals surface area contributed by atoms with E-state index >= 15 is 0 Å². The first-order chi connectivity index (χ1) is 13.7. The Bertz CT molecular complexity index is 1090. The van der Waals surface area contributed by atoms with E-state index in [-0.39, 0.29) is 25.0 Å². The van der Waals surface area contributed by atoms with Crippen LogP contribution in [-0.2, 0) is 22.4 Å². The van der Waals surface area contributed by atoms with Crippen molar-refractivity contribution >= 4 is 44.7 Å². The van der Waals surface area contributed by atoms with Crippen LogP contribution in [0.1, 0.15) is 23.3 Å². The molecular weight excluding hydrogens is 376 g/mol. The topological polar surface area (TPSA) is 84.4 Å². The van der Waals surface area contributed by atoms with E-state index in [9.17, 15) is 9.59 Å². The number of ether oxygens (including phenoxy) is 1. The highest BCUT2D eigenvalue weighted by Gasteiger charge is 2.27. The van der Waals surface area contributed by atoms with Crippen LogP contribution in [0.15, 0.2) is 30.6 Å². The van der Waals surface area contributed by atoms with Crippen LogP contribution in [-0.4, -0.2) is 34.9 Å². The lowest BCUT2D eigenvalue weighted by Gasteiger charge is -2.29. The Labute approximate surface area is 165 Å². The number of hydrogen-bond donors (Lipinski definition) is 1. The maximum atomic E-state index is 12.8. The summed E-state index contributed by atoms with van der Waals surface area (Å²) in [6.45, 7) is -0.204. The second-order valence-corrected chi connectivity index (χ2v) is 7.99. The van der Waals surface area contributed by atoms with Gasteiger partial charge in [0.05, 0.1) is 16.8 Å². The van der Waals surface area contributed by atoms with Crippen molar-refractivity contribution in [3.8, 4) is 5.88 Å². The largest absolute Gasteiger partial charge is 0.467 e. The van der Waals surface area contributed by atoms with Gasteiger partial charge in [-0.1, -0.05) is 12.1 Å². The first kappa shape index (κ1) is 17.1. The normalized spacial score (nSPS) is 15.7. The van der Waals surface area contributed by atoms with E-state index in [1.165, 1.54) is 28.1 Å². The summed E-state index contributed by atoms with van der Waals surface area (Å²) in [4.78, 5) is 37.2. The average Bonchev–Trinajstić information content (AvgIpc) is 3.10. The highest BCUT2D eigenvalue weighted by molar-refractivity contribution is 7.18. The van der Waals surface area contributed by atoms with Gasteiger partial charge in [0.15, 0.2) is 6.61 Å². The van der Waals surface area contributed by atoms with Gasteiger partial charge in [0.2, 0.25) is 11.8 Å². The predicted molar refractivity (Wildman–Crippen MR) is 107 cm³/mol. The lowest BCUT2D eigenvalue weighted by Crippen LogP contribution is -2.44. The summed E-state index contributed by atoms with van der Waals surface area (Å²) in [5.41, 5.74) is 2.57. The fraction of sp³-hybridized carbons (Fsp3) is 0.300. The van der Waals surface area contributed by atoms with Crippen LogP contribution in [0.3, 0.4) is 0 Å². The number of fused-ring (bicyclic) bond motifs is 4. The standard InChI is InChI=1S/C20H18N4O3S/c25-16-9-24(14-7-3-2-6-13(14)23-16)17(26)10-27-19-18-12-5-1-4-8-15(12)28-20(18)22-11-21-19/h2-3,6-7,11H,1,4-5,8-10H2,(H,23,25). The molecule has 1 aliphatic carbocycles. The van der Waals surface area contributed by atoms with E-state index in [0.29, 0.717) is 17.3 Å². The van der Waals surface area contributed by atoms with Gasteiger partial charge in [-0.3, -0.25) is 14.5 Å². The number of nitrogens with zero attached hydrogens (tertiary/aromatic N) is 3. The Morgan fingerprint density at radius 2 is 2.07 bits per heavy atom. The molecule has 1 aliphatic heterocycles. The summed E-state index contributed by atoms with van der Waals surface area (Å²) >= 11 is 1.69. The number of anilines is 2. The highest BCUT2D eigenvalue weighted by Crippen LogP contribution is 2.39. The van der Waals surface area contributed by atoms with Gasteiger partial charge in [-0.25, -0.2) is 9.97 Å². The molecule has 7 nitrogen and oxygen atoms in total. The molecule has 0 unspecified atom stereocenters. The van der Waals surface area contributed by atoms with Crippen molar-refractivity contribution in [2.45, 2.75) is 25.7 Å². The van der Waals surface area contributed by atoms with Crippen LogP contribution >= 0.6 is 11.3 Å². The number of benzene rings is 1. The SMILES string of the molecule is O=C1CN(C(=O)COc2ncnc3sc4c(c23)CCCC4)c2ccccc2N1. The average molecular weight is 394 g/mol. The third-order valence-corrected chi connectivity index (χ3v) is 6.32. The van der Waals surface area contributed by atoms with Gasteiger partial charge in [0.25, 0.3) is 5.91 Å². The number of para-hydroxylation sites is 2. The quantitative estimate of drug-likeness (QED) is 0.738. The Morgan fingerprint density at radius 3 is 3.00 bits per heavy atom. The fourth-order valence-electron chi connectivity index (χ4n) is 3.83. The maximum Gasteiger partial charge on any atom is 0.265 e. The molecule has 0 saturated carbocycles. The Balaban J connectivity index is 1.41. The molecule has 0 bridgehead atoms. The molecule has 0 spiro atoms. The first-order valence-corrected chi connectivity index (χ1v) is 10.1. The molecule has 0 saturated heterocycles. The zero-order chi connectivity index (χ0) is 19.1. The molecule has 1 aromatic carbocycles. The van der Waals surface area contributed by atoms with Gasteiger partial charge in [-0.15, -0.1) is 11.3 Å². The zero-order valence-corrected chi connectivity index (χ0v) is 15.9. The number of aryl methyl sites for hydroxylation is 2. The van der Waals surface area contributed by atoms with Crippen LogP contribution in [0.2, 0.25) is 0 Å². The molecule has 8 heteroatoms. The van der Waals surface area contributed by atoms with E-state index in [1.54, 1.807) is 17.4 Å². The molecule has 2 aromatic heterocycles. The lowest BCUT2D eigenvalue weighted by atomic mass is 9.97. The van der Waals surface area contributed by atoms with Crippen LogP contribution in [0.5, 0.6) is 5.88 Å². The number of amides is 2. The highest BCUT2D eigenvalue weighted by atomic mass is 32.1.